The standard InChI is InChI=1S/C19H24N4O3/c1-4-23-12-20-9-14(23)10-21-19(25)18-17(22(3)16(24)11-26-18)15-8-6-5-7-13(15)2/h5-9,12,17-18H,4,10-11H2,1-3H3,(H,21,25). The van der Waals surface area contributed by atoms with Crippen LogP contribution in [0.1, 0.15) is 29.8 Å². The number of hydrogen-bond donors (Lipinski definition) is 1. The highest BCUT2D eigenvalue weighted by molar-refractivity contribution is 5.86. The van der Waals surface area contributed by atoms with Gasteiger partial charge in [0.05, 0.1) is 24.6 Å². The van der Waals surface area contributed by atoms with Crippen molar-refractivity contribution >= 4 is 11.8 Å². The lowest BCUT2D eigenvalue weighted by Crippen LogP contribution is -2.53. The lowest BCUT2D eigenvalue weighted by molar-refractivity contribution is -0.162. The van der Waals surface area contributed by atoms with Crippen LogP contribution in [-0.2, 0) is 27.4 Å². The molecule has 0 aliphatic carbocycles. The molecule has 1 fully saturated rings. The zero-order valence-electron chi connectivity index (χ0n) is 15.3. The Morgan fingerprint density at radius 3 is 2.88 bits per heavy atom. The minimum atomic E-state index is -0.753. The quantitative estimate of drug-likeness (QED) is 0.879. The number of amides is 2. The Morgan fingerprint density at radius 1 is 1.38 bits per heavy atom. The van der Waals surface area contributed by atoms with Crippen molar-refractivity contribution in [2.24, 2.45) is 0 Å². The molecule has 138 valence electrons. The molecule has 1 aromatic carbocycles. The van der Waals surface area contributed by atoms with E-state index < -0.39 is 12.1 Å². The molecule has 7 heteroatoms. The molecule has 2 atom stereocenters. The van der Waals surface area contributed by atoms with Gasteiger partial charge in [0.2, 0.25) is 5.91 Å². The smallest absolute Gasteiger partial charge is 0.252 e. The molecule has 7 nitrogen and oxygen atoms in total. The SMILES string of the molecule is CCn1cncc1CNC(=O)C1OCC(=O)N(C)C1c1ccccc1C. The number of imidazole rings is 1. The van der Waals surface area contributed by atoms with Gasteiger partial charge in [-0.1, -0.05) is 24.3 Å². The van der Waals surface area contributed by atoms with Crippen LogP contribution in [0.2, 0.25) is 0 Å². The van der Waals surface area contributed by atoms with Gasteiger partial charge in [-0.15, -0.1) is 0 Å². The molecule has 1 N–H and O–H groups in total. The van der Waals surface area contributed by atoms with Crippen LogP contribution in [0.5, 0.6) is 0 Å². The molecule has 1 aliphatic rings. The molecule has 1 aromatic heterocycles. The molecule has 1 aliphatic heterocycles. The van der Waals surface area contributed by atoms with E-state index in [2.05, 4.69) is 10.3 Å². The molecule has 1 saturated heterocycles. The molecule has 0 bridgehead atoms. The average Bonchev–Trinajstić information content (AvgIpc) is 3.10. The second-order valence-electron chi connectivity index (χ2n) is 6.43. The zero-order valence-corrected chi connectivity index (χ0v) is 15.3. The number of benzene rings is 1. The predicted molar refractivity (Wildman–Crippen MR) is 96.2 cm³/mol. The number of rotatable bonds is 5. The van der Waals surface area contributed by atoms with Crippen LogP contribution >= 0.6 is 0 Å². The van der Waals surface area contributed by atoms with Gasteiger partial charge in [0.15, 0.2) is 6.10 Å². The first-order valence-electron chi connectivity index (χ1n) is 8.72. The van der Waals surface area contributed by atoms with Crippen LogP contribution in [0.25, 0.3) is 0 Å². The van der Waals surface area contributed by atoms with Gasteiger partial charge < -0.3 is 19.5 Å². The van der Waals surface area contributed by atoms with Crippen LogP contribution < -0.4 is 5.32 Å². The van der Waals surface area contributed by atoms with Crippen LogP contribution in [0.15, 0.2) is 36.8 Å². The highest BCUT2D eigenvalue weighted by Gasteiger charge is 2.40. The van der Waals surface area contributed by atoms with Gasteiger partial charge in [-0.05, 0) is 25.0 Å². The molecular formula is C19H24N4O3. The number of morpholine rings is 1. The Hall–Kier alpha value is -2.67. The summed E-state index contributed by atoms with van der Waals surface area (Å²) in [5.74, 6) is -0.368. The number of nitrogens with zero attached hydrogens (tertiary/aromatic N) is 3. The number of ether oxygens (including phenoxy) is 1. The number of carbonyl (C=O) groups is 2. The Labute approximate surface area is 153 Å². The summed E-state index contributed by atoms with van der Waals surface area (Å²) in [6.45, 7) is 5.05. The van der Waals surface area contributed by atoms with Crippen LogP contribution in [-0.4, -0.2) is 46.0 Å². The van der Waals surface area contributed by atoms with E-state index in [1.807, 2.05) is 42.7 Å². The fraction of sp³-hybridized carbons (Fsp3) is 0.421. The maximum atomic E-state index is 12.8. The monoisotopic (exact) mass is 356 g/mol. The van der Waals surface area contributed by atoms with Gasteiger partial charge in [-0.25, -0.2) is 4.98 Å². The summed E-state index contributed by atoms with van der Waals surface area (Å²) in [6.07, 6.45) is 2.72. The van der Waals surface area contributed by atoms with E-state index in [4.69, 9.17) is 4.74 Å². The molecule has 0 radical (unpaired) electrons. The topological polar surface area (TPSA) is 76.5 Å². The first-order valence-corrected chi connectivity index (χ1v) is 8.72. The lowest BCUT2D eigenvalue weighted by atomic mass is 9.94. The van der Waals surface area contributed by atoms with E-state index in [1.165, 1.54) is 0 Å². The molecule has 3 rings (SSSR count). The summed E-state index contributed by atoms with van der Waals surface area (Å²) in [5, 5.41) is 2.92. The average molecular weight is 356 g/mol. The first-order chi connectivity index (χ1) is 12.5. The minimum Gasteiger partial charge on any atom is -0.356 e. The van der Waals surface area contributed by atoms with Crippen LogP contribution in [0.3, 0.4) is 0 Å². The van der Waals surface area contributed by atoms with Crippen LogP contribution in [0.4, 0.5) is 0 Å². The number of nitrogens with one attached hydrogen (secondary N) is 1. The molecule has 2 aromatic rings. The van der Waals surface area contributed by atoms with Crippen molar-refractivity contribution in [2.75, 3.05) is 13.7 Å². The second-order valence-corrected chi connectivity index (χ2v) is 6.43. The summed E-state index contributed by atoms with van der Waals surface area (Å²) >= 11 is 0. The fourth-order valence-electron chi connectivity index (χ4n) is 3.28. The van der Waals surface area contributed by atoms with Gasteiger partial charge in [0.1, 0.15) is 6.61 Å². The first kappa shape index (κ1) is 18.1. The van der Waals surface area contributed by atoms with Crippen molar-refractivity contribution < 1.29 is 14.3 Å². The highest BCUT2D eigenvalue weighted by Crippen LogP contribution is 2.31. The number of aryl methyl sites for hydroxylation is 2. The molecule has 2 amide bonds. The zero-order chi connectivity index (χ0) is 18.7. The van der Waals surface area contributed by atoms with Crippen molar-refractivity contribution in [3.05, 3.63) is 53.6 Å². The number of carbonyl (C=O) groups excluding carboxylic acids is 2. The van der Waals surface area contributed by atoms with E-state index in [-0.39, 0.29) is 18.4 Å². The number of likely N-dealkylation sites (N-methyl/N-ethyl adjacent to an activating group) is 1. The third-order valence-corrected chi connectivity index (χ3v) is 4.83. The van der Waals surface area contributed by atoms with Crippen LogP contribution in [0, 0.1) is 6.92 Å². The van der Waals surface area contributed by atoms with E-state index >= 15 is 0 Å². The molecule has 2 heterocycles. The van der Waals surface area contributed by atoms with E-state index in [0.29, 0.717) is 6.54 Å². The van der Waals surface area contributed by atoms with Gasteiger partial charge in [0, 0.05) is 19.8 Å². The Morgan fingerprint density at radius 2 is 2.15 bits per heavy atom. The number of aromatic nitrogens is 2. The molecule has 26 heavy (non-hydrogen) atoms. The Balaban J connectivity index is 1.80. The molecule has 2 unspecified atom stereocenters. The summed E-state index contributed by atoms with van der Waals surface area (Å²) in [7, 11) is 1.72. The van der Waals surface area contributed by atoms with E-state index in [0.717, 1.165) is 23.4 Å². The molecule has 0 saturated carbocycles. The van der Waals surface area contributed by atoms with Gasteiger partial charge in [-0.3, -0.25) is 9.59 Å². The molecular weight excluding hydrogens is 332 g/mol. The Bertz CT molecular complexity index is 802. The second kappa shape index (κ2) is 7.70. The van der Waals surface area contributed by atoms with Gasteiger partial charge in [0.25, 0.3) is 5.91 Å². The maximum absolute atomic E-state index is 12.8. The summed E-state index contributed by atoms with van der Waals surface area (Å²) in [6, 6.07) is 7.30. The van der Waals surface area contributed by atoms with Crippen molar-refractivity contribution in [3.8, 4) is 0 Å². The van der Waals surface area contributed by atoms with E-state index in [1.54, 1.807) is 24.5 Å². The Kier molecular flexibility index (Phi) is 5.37. The maximum Gasteiger partial charge on any atom is 0.252 e. The minimum absolute atomic E-state index is 0.0934. The van der Waals surface area contributed by atoms with E-state index in [9.17, 15) is 9.59 Å². The third kappa shape index (κ3) is 3.48. The van der Waals surface area contributed by atoms with Gasteiger partial charge in [-0.2, -0.15) is 0 Å². The largest absolute Gasteiger partial charge is 0.356 e. The highest BCUT2D eigenvalue weighted by atomic mass is 16.5. The van der Waals surface area contributed by atoms with Crippen molar-refractivity contribution in [3.63, 3.8) is 0 Å². The third-order valence-electron chi connectivity index (χ3n) is 4.83. The van der Waals surface area contributed by atoms with Gasteiger partial charge >= 0.3 is 0 Å². The summed E-state index contributed by atoms with van der Waals surface area (Å²) in [5.41, 5.74) is 2.86. The normalized spacial score (nSPS) is 20.3. The number of hydrogen-bond acceptors (Lipinski definition) is 4. The lowest BCUT2D eigenvalue weighted by Gasteiger charge is -2.38. The fourth-order valence-corrected chi connectivity index (χ4v) is 3.28. The summed E-state index contributed by atoms with van der Waals surface area (Å²) < 4.78 is 7.61. The predicted octanol–water partition coefficient (Wildman–Crippen LogP) is 1.43. The summed E-state index contributed by atoms with van der Waals surface area (Å²) in [4.78, 5) is 30.7. The van der Waals surface area contributed by atoms with Crippen molar-refractivity contribution in [1.82, 2.24) is 19.8 Å². The van der Waals surface area contributed by atoms with Crippen molar-refractivity contribution in [2.45, 2.75) is 39.1 Å². The van der Waals surface area contributed by atoms with Crippen molar-refractivity contribution in [1.29, 1.82) is 0 Å². The molecule has 0 spiro atoms.